The van der Waals surface area contributed by atoms with E-state index in [4.69, 9.17) is 4.52 Å². The molecule has 9 heteroatoms. The third-order valence-electron chi connectivity index (χ3n) is 6.84. The summed E-state index contributed by atoms with van der Waals surface area (Å²) in [6.45, 7) is 0.988. The van der Waals surface area contributed by atoms with Crippen LogP contribution in [0.25, 0.3) is 10.9 Å². The van der Waals surface area contributed by atoms with Crippen molar-refractivity contribution in [3.8, 4) is 0 Å². The van der Waals surface area contributed by atoms with Crippen molar-refractivity contribution in [1.82, 2.24) is 24.9 Å². The van der Waals surface area contributed by atoms with Crippen LogP contribution in [0.4, 0.5) is 10.1 Å². The molecule has 8 nitrogen and oxygen atoms in total. The van der Waals surface area contributed by atoms with Crippen LogP contribution >= 0.6 is 0 Å². The second kappa shape index (κ2) is 5.29. The van der Waals surface area contributed by atoms with Crippen LogP contribution in [0.1, 0.15) is 11.7 Å². The van der Waals surface area contributed by atoms with Crippen LogP contribution in [-0.2, 0) is 12.0 Å². The van der Waals surface area contributed by atoms with E-state index in [1.807, 2.05) is 6.07 Å². The first kappa shape index (κ1) is 16.2. The van der Waals surface area contributed by atoms with Crippen molar-refractivity contribution in [2.75, 3.05) is 11.4 Å². The molecule has 1 aromatic carbocycles. The minimum atomic E-state index is -0.244. The molecule has 0 amide bonds. The van der Waals surface area contributed by atoms with Gasteiger partial charge < -0.3 is 9.42 Å². The van der Waals surface area contributed by atoms with E-state index in [9.17, 15) is 9.18 Å². The fraction of sp³-hybridized carbons (Fsp3) is 0.286. The van der Waals surface area contributed by atoms with Gasteiger partial charge in [0.05, 0.1) is 22.5 Å². The molecule has 2 saturated heterocycles. The molecule has 0 radical (unpaired) electrons. The first-order valence-corrected chi connectivity index (χ1v) is 9.84. The van der Waals surface area contributed by atoms with E-state index in [1.165, 1.54) is 10.7 Å². The molecule has 0 spiro atoms. The lowest BCUT2D eigenvalue weighted by molar-refractivity contribution is 0.356. The largest absolute Gasteiger partial charge is 0.367 e. The number of rotatable bonds is 4. The van der Waals surface area contributed by atoms with Crippen molar-refractivity contribution >= 4 is 16.6 Å². The minimum absolute atomic E-state index is 0.0836. The first-order chi connectivity index (χ1) is 14.7. The molecule has 8 rings (SSSR count). The first-order valence-electron chi connectivity index (χ1n) is 9.84. The molecule has 30 heavy (non-hydrogen) atoms. The van der Waals surface area contributed by atoms with Gasteiger partial charge in [0.25, 0.3) is 5.56 Å². The fourth-order valence-electron chi connectivity index (χ4n) is 5.41. The zero-order valence-corrected chi connectivity index (χ0v) is 15.6. The van der Waals surface area contributed by atoms with Crippen molar-refractivity contribution < 1.29 is 8.91 Å². The maximum atomic E-state index is 13.6. The highest BCUT2D eigenvalue weighted by atomic mass is 19.1. The van der Waals surface area contributed by atoms with Crippen LogP contribution in [-0.4, -0.2) is 37.5 Å². The van der Waals surface area contributed by atoms with Crippen molar-refractivity contribution in [2.45, 2.75) is 18.0 Å². The number of piperidine rings is 1. The molecule has 4 fully saturated rings. The Morgan fingerprint density at radius 2 is 2.20 bits per heavy atom. The Bertz CT molecular complexity index is 1390. The highest BCUT2D eigenvalue weighted by Crippen LogP contribution is 2.85. The van der Waals surface area contributed by atoms with E-state index in [0.29, 0.717) is 40.5 Å². The highest BCUT2D eigenvalue weighted by Gasteiger charge is 2.95. The summed E-state index contributed by atoms with van der Waals surface area (Å²) in [5.74, 6) is 1.78. The zero-order valence-electron chi connectivity index (χ0n) is 15.6. The summed E-state index contributed by atoms with van der Waals surface area (Å²) >= 11 is 0. The zero-order chi connectivity index (χ0) is 20.0. The lowest BCUT2D eigenvalue weighted by Gasteiger charge is -2.18. The molecule has 2 aliphatic carbocycles. The third-order valence-corrected chi connectivity index (χ3v) is 6.84. The summed E-state index contributed by atoms with van der Waals surface area (Å²) in [6, 6.07) is 10.4. The molecule has 4 aromatic rings. The maximum Gasteiger partial charge on any atom is 0.276 e. The van der Waals surface area contributed by atoms with E-state index in [2.05, 4.69) is 25.1 Å². The van der Waals surface area contributed by atoms with Gasteiger partial charge in [0.1, 0.15) is 12.4 Å². The monoisotopic (exact) mass is 402 g/mol. The van der Waals surface area contributed by atoms with Gasteiger partial charge in [-0.05, 0) is 36.2 Å². The second-order valence-corrected chi connectivity index (χ2v) is 8.20. The summed E-state index contributed by atoms with van der Waals surface area (Å²) in [5.41, 5.74) is 1.12. The lowest BCUT2D eigenvalue weighted by Crippen LogP contribution is -2.24. The summed E-state index contributed by atoms with van der Waals surface area (Å²) in [7, 11) is 0. The van der Waals surface area contributed by atoms with Gasteiger partial charge in [-0.1, -0.05) is 11.2 Å². The van der Waals surface area contributed by atoms with Gasteiger partial charge in [0, 0.05) is 30.4 Å². The molecule has 3 aromatic heterocycles. The molecule has 148 valence electrons. The predicted molar refractivity (Wildman–Crippen MR) is 103 cm³/mol. The van der Waals surface area contributed by atoms with E-state index >= 15 is 0 Å². The molecular formula is C21H15FN6O2. The van der Waals surface area contributed by atoms with Crippen LogP contribution in [0.15, 0.2) is 58.1 Å². The molecule has 2 saturated carbocycles. The average molecular weight is 402 g/mol. The van der Waals surface area contributed by atoms with Crippen LogP contribution in [0.2, 0.25) is 0 Å². The third kappa shape index (κ3) is 1.92. The normalized spacial score (nSPS) is 28.0. The number of fused-ring (bicyclic) bond motifs is 2. The SMILES string of the molecule is O=c1c2cccnc2cnn1Cc1nc([C@@]23C4[C@H]2[C@H]3CN4c2cccc(F)c2)no1. The topological polar surface area (TPSA) is 89.9 Å². The summed E-state index contributed by atoms with van der Waals surface area (Å²) < 4.78 is 20.4. The number of benzene rings is 1. The van der Waals surface area contributed by atoms with Crippen LogP contribution in [0.5, 0.6) is 0 Å². The number of anilines is 1. The molecule has 4 atom stereocenters. The van der Waals surface area contributed by atoms with Crippen molar-refractivity contribution in [1.29, 1.82) is 0 Å². The van der Waals surface area contributed by atoms with E-state index in [0.717, 1.165) is 12.2 Å². The van der Waals surface area contributed by atoms with Gasteiger partial charge in [-0.15, -0.1) is 0 Å². The Hall–Kier alpha value is -3.62. The summed E-state index contributed by atoms with van der Waals surface area (Å²) in [4.78, 5) is 23.6. The number of hydrogen-bond donors (Lipinski definition) is 0. The van der Waals surface area contributed by atoms with E-state index in [1.54, 1.807) is 36.7 Å². The van der Waals surface area contributed by atoms with Crippen LogP contribution in [0.3, 0.4) is 0 Å². The number of hydrogen-bond acceptors (Lipinski definition) is 7. The molecule has 2 aliphatic heterocycles. The van der Waals surface area contributed by atoms with Gasteiger partial charge in [-0.25, -0.2) is 9.07 Å². The van der Waals surface area contributed by atoms with Gasteiger partial charge in [-0.3, -0.25) is 9.78 Å². The van der Waals surface area contributed by atoms with Crippen LogP contribution < -0.4 is 10.5 Å². The van der Waals surface area contributed by atoms with Gasteiger partial charge >= 0.3 is 0 Å². The number of pyridine rings is 1. The second-order valence-electron chi connectivity index (χ2n) is 8.20. The van der Waals surface area contributed by atoms with Gasteiger partial charge in [0.2, 0.25) is 5.89 Å². The Labute approximate surface area is 169 Å². The van der Waals surface area contributed by atoms with E-state index < -0.39 is 0 Å². The summed E-state index contributed by atoms with van der Waals surface area (Å²) in [5, 5.41) is 8.89. The lowest BCUT2D eigenvalue weighted by atomic mass is 10.1. The Morgan fingerprint density at radius 3 is 3.07 bits per heavy atom. The van der Waals surface area contributed by atoms with Crippen molar-refractivity contribution in [3.05, 3.63) is 76.7 Å². The molecule has 4 aliphatic rings. The van der Waals surface area contributed by atoms with Gasteiger partial charge in [0.15, 0.2) is 5.82 Å². The average Bonchev–Trinajstić information content (AvgIpc) is 3.31. The van der Waals surface area contributed by atoms with Crippen LogP contribution in [0, 0.1) is 17.7 Å². The Balaban J connectivity index is 1.16. The van der Waals surface area contributed by atoms with Crippen molar-refractivity contribution in [3.63, 3.8) is 0 Å². The smallest absolute Gasteiger partial charge is 0.276 e. The van der Waals surface area contributed by atoms with Crippen molar-refractivity contribution in [2.24, 2.45) is 11.8 Å². The Kier molecular flexibility index (Phi) is 2.86. The maximum absolute atomic E-state index is 13.6. The highest BCUT2D eigenvalue weighted by molar-refractivity contribution is 5.75. The number of aromatic nitrogens is 5. The van der Waals surface area contributed by atoms with E-state index in [-0.39, 0.29) is 23.3 Å². The van der Waals surface area contributed by atoms with Gasteiger partial charge in [-0.2, -0.15) is 10.1 Å². The molecule has 0 N–H and O–H groups in total. The fourth-order valence-corrected chi connectivity index (χ4v) is 5.41. The molecule has 1 unspecified atom stereocenters. The number of nitrogens with zero attached hydrogens (tertiary/aromatic N) is 6. The molecule has 5 heterocycles. The standard InChI is InChI=1S/C21H15FN6O2/c22-11-3-1-4-12(7-11)27-9-14-17-18(27)21(14,17)20-25-16(30-26-20)10-28-19(29)13-5-2-6-23-15(13)8-24-28/h1-8,14,17-18H,9-10H2/t14-,17-,18?,21-/m1/s1. The number of halogens is 1. The minimum Gasteiger partial charge on any atom is -0.367 e. The quantitative estimate of drug-likeness (QED) is 0.514. The Morgan fingerprint density at radius 1 is 1.27 bits per heavy atom. The summed E-state index contributed by atoms with van der Waals surface area (Å²) in [6.07, 6.45) is 3.18. The molecule has 2 bridgehead atoms. The predicted octanol–water partition coefficient (Wildman–Crippen LogP) is 1.75. The molecular weight excluding hydrogens is 387 g/mol.